The molecule has 166 valence electrons. The van der Waals surface area contributed by atoms with Crippen molar-refractivity contribution >= 4 is 35.2 Å². The van der Waals surface area contributed by atoms with Crippen LogP contribution in [0.2, 0.25) is 5.02 Å². The molecule has 0 fully saturated rings. The van der Waals surface area contributed by atoms with E-state index in [9.17, 15) is 22.8 Å². The minimum atomic E-state index is -1.70. The number of hydrogen-bond acceptors (Lipinski definition) is 4. The van der Waals surface area contributed by atoms with E-state index in [0.29, 0.717) is 28.2 Å². The summed E-state index contributed by atoms with van der Waals surface area (Å²) in [5.41, 5.74) is 0.000510. The highest BCUT2D eigenvalue weighted by atomic mass is 35.5. The molecule has 0 atom stereocenters. The summed E-state index contributed by atoms with van der Waals surface area (Å²) in [7, 11) is 1.45. The van der Waals surface area contributed by atoms with Crippen LogP contribution in [-0.4, -0.2) is 31.6 Å². The number of nitrogens with one attached hydrogen (secondary N) is 2. The van der Waals surface area contributed by atoms with Gasteiger partial charge in [-0.05, 0) is 49.8 Å². The number of anilines is 1. The zero-order valence-corrected chi connectivity index (χ0v) is 17.6. The fourth-order valence-corrected chi connectivity index (χ4v) is 2.66. The molecule has 0 aromatic heterocycles. The monoisotopic (exact) mass is 456 g/mol. The van der Waals surface area contributed by atoms with Crippen molar-refractivity contribution in [2.75, 3.05) is 19.0 Å². The van der Waals surface area contributed by atoms with Gasteiger partial charge in [0.05, 0.1) is 30.5 Å². The van der Waals surface area contributed by atoms with Crippen molar-refractivity contribution in [3.63, 3.8) is 0 Å². The molecule has 0 saturated carbocycles. The fraction of sp³-hybridized carbons (Fsp3) is 0.238. The molecule has 0 aliphatic rings. The van der Waals surface area contributed by atoms with Gasteiger partial charge < -0.3 is 20.1 Å². The van der Waals surface area contributed by atoms with E-state index in [4.69, 9.17) is 21.1 Å². The lowest BCUT2D eigenvalue weighted by atomic mass is 10.2. The summed E-state index contributed by atoms with van der Waals surface area (Å²) < 4.78 is 50.5. The van der Waals surface area contributed by atoms with E-state index in [0.717, 1.165) is 12.1 Å². The third-order valence-corrected chi connectivity index (χ3v) is 4.05. The van der Waals surface area contributed by atoms with Crippen LogP contribution in [-0.2, 0) is 9.59 Å². The molecule has 31 heavy (non-hydrogen) atoms. The summed E-state index contributed by atoms with van der Waals surface area (Å²) in [6.45, 7) is 3.16. The number of carbonyl (C=O) groups is 2. The number of halogens is 4. The van der Waals surface area contributed by atoms with Gasteiger partial charge >= 0.3 is 0 Å². The molecule has 2 aromatic carbocycles. The number of methoxy groups -OCH3 is 1. The van der Waals surface area contributed by atoms with Crippen LogP contribution in [0.1, 0.15) is 19.4 Å². The van der Waals surface area contributed by atoms with Crippen LogP contribution >= 0.6 is 11.6 Å². The Morgan fingerprint density at radius 2 is 1.87 bits per heavy atom. The molecule has 6 nitrogen and oxygen atoms in total. The Morgan fingerprint density at radius 3 is 2.52 bits per heavy atom. The minimum Gasteiger partial charge on any atom is -0.493 e. The van der Waals surface area contributed by atoms with Gasteiger partial charge in [-0.3, -0.25) is 9.59 Å². The Morgan fingerprint density at radius 1 is 1.16 bits per heavy atom. The molecule has 0 saturated heterocycles. The molecule has 0 aliphatic heterocycles. The standard InChI is InChI=1S/C21H20ClF3N2O4/c1-11(2)31-21-13(22)8-12(9-16(21)30-3)4-7-17(28)26-10-18(29)27-15-6-5-14(23)19(24)20(15)25/h4-9,11H,10H2,1-3H3,(H,26,28)(H,27,29)/b7-4+. The Bertz CT molecular complexity index is 1010. The minimum absolute atomic E-state index is 0.121. The van der Waals surface area contributed by atoms with Gasteiger partial charge in [-0.25, -0.2) is 13.2 Å². The smallest absolute Gasteiger partial charge is 0.244 e. The van der Waals surface area contributed by atoms with Gasteiger partial charge in [-0.15, -0.1) is 0 Å². The van der Waals surface area contributed by atoms with Crippen LogP contribution in [0.15, 0.2) is 30.3 Å². The van der Waals surface area contributed by atoms with E-state index in [1.807, 2.05) is 19.2 Å². The fourth-order valence-electron chi connectivity index (χ4n) is 2.40. The van der Waals surface area contributed by atoms with Crippen molar-refractivity contribution in [3.05, 3.63) is 58.4 Å². The predicted octanol–water partition coefficient (Wildman–Crippen LogP) is 4.32. The van der Waals surface area contributed by atoms with E-state index in [1.54, 1.807) is 12.1 Å². The van der Waals surface area contributed by atoms with Crippen molar-refractivity contribution in [2.24, 2.45) is 0 Å². The summed E-state index contributed by atoms with van der Waals surface area (Å²) in [6.07, 6.45) is 2.47. The molecule has 2 rings (SSSR count). The number of ether oxygens (including phenoxy) is 2. The first kappa shape index (κ1) is 24.1. The van der Waals surface area contributed by atoms with Crippen molar-refractivity contribution in [3.8, 4) is 11.5 Å². The van der Waals surface area contributed by atoms with Crippen LogP contribution in [0.3, 0.4) is 0 Å². The van der Waals surface area contributed by atoms with Crippen LogP contribution in [0, 0.1) is 17.5 Å². The Balaban J connectivity index is 1.97. The van der Waals surface area contributed by atoms with Crippen LogP contribution in [0.25, 0.3) is 6.08 Å². The number of rotatable bonds is 8. The average Bonchev–Trinajstić information content (AvgIpc) is 2.72. The molecule has 0 radical (unpaired) electrons. The lowest BCUT2D eigenvalue weighted by Crippen LogP contribution is -2.32. The normalized spacial score (nSPS) is 11.0. The van der Waals surface area contributed by atoms with Crippen molar-refractivity contribution in [1.82, 2.24) is 5.32 Å². The molecule has 0 spiro atoms. The zero-order chi connectivity index (χ0) is 23.1. The number of benzene rings is 2. The molecular weight excluding hydrogens is 437 g/mol. The van der Waals surface area contributed by atoms with Crippen LogP contribution in [0.5, 0.6) is 11.5 Å². The van der Waals surface area contributed by atoms with Crippen molar-refractivity contribution in [1.29, 1.82) is 0 Å². The second-order valence-electron chi connectivity index (χ2n) is 6.52. The van der Waals surface area contributed by atoms with Gasteiger partial charge in [0.2, 0.25) is 11.8 Å². The largest absolute Gasteiger partial charge is 0.493 e. The second kappa shape index (κ2) is 10.7. The van der Waals surface area contributed by atoms with Crippen LogP contribution in [0.4, 0.5) is 18.9 Å². The first-order chi connectivity index (χ1) is 14.6. The zero-order valence-electron chi connectivity index (χ0n) is 16.9. The molecule has 0 unspecified atom stereocenters. The van der Waals surface area contributed by atoms with Gasteiger partial charge in [0.25, 0.3) is 0 Å². The van der Waals surface area contributed by atoms with Gasteiger partial charge in [0, 0.05) is 6.08 Å². The lowest BCUT2D eigenvalue weighted by molar-refractivity contribution is -0.121. The average molecular weight is 457 g/mol. The van der Waals surface area contributed by atoms with Gasteiger partial charge in [-0.2, -0.15) is 0 Å². The summed E-state index contributed by atoms with van der Waals surface area (Å²) in [6, 6.07) is 4.74. The van der Waals surface area contributed by atoms with Crippen LogP contribution < -0.4 is 20.1 Å². The third kappa shape index (κ3) is 6.65. The molecule has 2 aromatic rings. The molecule has 10 heteroatoms. The van der Waals surface area contributed by atoms with E-state index < -0.39 is 41.5 Å². The number of carbonyl (C=O) groups excluding carboxylic acids is 2. The van der Waals surface area contributed by atoms with Gasteiger partial charge in [0.15, 0.2) is 29.0 Å². The second-order valence-corrected chi connectivity index (χ2v) is 6.93. The third-order valence-electron chi connectivity index (χ3n) is 3.76. The first-order valence-electron chi connectivity index (χ1n) is 9.05. The Hall–Kier alpha value is -3.20. The highest BCUT2D eigenvalue weighted by molar-refractivity contribution is 6.32. The molecule has 0 aliphatic carbocycles. The summed E-state index contributed by atoms with van der Waals surface area (Å²) in [4.78, 5) is 23.8. The molecule has 2 amide bonds. The quantitative estimate of drug-likeness (QED) is 0.458. The molecule has 0 heterocycles. The topological polar surface area (TPSA) is 76.7 Å². The van der Waals surface area contributed by atoms with Crippen molar-refractivity contribution in [2.45, 2.75) is 20.0 Å². The summed E-state index contributed by atoms with van der Waals surface area (Å²) in [5.74, 6) is -5.31. The highest BCUT2D eigenvalue weighted by Crippen LogP contribution is 2.37. The summed E-state index contributed by atoms with van der Waals surface area (Å²) in [5, 5.41) is 4.62. The lowest BCUT2D eigenvalue weighted by Gasteiger charge is -2.15. The van der Waals surface area contributed by atoms with Gasteiger partial charge in [-0.1, -0.05) is 11.6 Å². The van der Waals surface area contributed by atoms with E-state index in [2.05, 4.69) is 5.32 Å². The first-order valence-corrected chi connectivity index (χ1v) is 9.43. The SMILES string of the molecule is COc1cc(/C=C/C(=O)NCC(=O)Nc2ccc(F)c(F)c2F)cc(Cl)c1OC(C)C. The summed E-state index contributed by atoms with van der Waals surface area (Å²) >= 11 is 6.21. The van der Waals surface area contributed by atoms with E-state index >= 15 is 0 Å². The Kier molecular flexibility index (Phi) is 8.32. The predicted molar refractivity (Wildman–Crippen MR) is 111 cm³/mol. The van der Waals surface area contributed by atoms with E-state index in [1.165, 1.54) is 13.2 Å². The van der Waals surface area contributed by atoms with E-state index in [-0.39, 0.29) is 6.10 Å². The maximum atomic E-state index is 13.6. The Labute approximate surface area is 182 Å². The number of amides is 2. The van der Waals surface area contributed by atoms with Gasteiger partial charge in [0.1, 0.15) is 0 Å². The molecule has 2 N–H and O–H groups in total. The highest BCUT2D eigenvalue weighted by Gasteiger charge is 2.16. The maximum absolute atomic E-state index is 13.6. The molecular formula is C21H20ClF3N2O4. The number of hydrogen-bond donors (Lipinski definition) is 2. The molecule has 0 bridgehead atoms. The van der Waals surface area contributed by atoms with Crippen molar-refractivity contribution < 1.29 is 32.2 Å². The maximum Gasteiger partial charge on any atom is 0.244 e.